The zero-order valence-electron chi connectivity index (χ0n) is 16.4. The third kappa shape index (κ3) is 2.61. The Morgan fingerprint density at radius 3 is 2.97 bits per heavy atom. The van der Waals surface area contributed by atoms with Gasteiger partial charge < -0.3 is 20.2 Å². The highest BCUT2D eigenvalue weighted by Crippen LogP contribution is 2.55. The van der Waals surface area contributed by atoms with E-state index in [0.717, 1.165) is 23.3 Å². The number of hydrogen-bond donors (Lipinski definition) is 2. The highest BCUT2D eigenvalue weighted by Gasteiger charge is 2.60. The first-order chi connectivity index (χ1) is 14.0. The maximum absolute atomic E-state index is 13.2. The molecule has 5 rings (SSSR count). The number of aromatic nitrogens is 2. The third-order valence-corrected chi connectivity index (χ3v) is 6.10. The second-order valence-electron chi connectivity index (χ2n) is 7.69. The van der Waals surface area contributed by atoms with E-state index in [-0.39, 0.29) is 23.2 Å². The Kier molecular flexibility index (Phi) is 3.87. The van der Waals surface area contributed by atoms with Gasteiger partial charge in [-0.25, -0.2) is 9.97 Å². The normalized spacial score (nSPS) is 21.7. The van der Waals surface area contributed by atoms with E-state index >= 15 is 0 Å². The molecule has 0 radical (unpaired) electrons. The molecule has 2 atom stereocenters. The van der Waals surface area contributed by atoms with Gasteiger partial charge in [-0.15, -0.1) is 0 Å². The first-order valence-electron chi connectivity index (χ1n) is 9.77. The Bertz CT molecular complexity index is 1110. The first kappa shape index (κ1) is 17.7. The topological polar surface area (TPSA) is 103 Å². The maximum Gasteiger partial charge on any atom is 0.255 e. The number of oxazole rings is 1. The van der Waals surface area contributed by atoms with Crippen molar-refractivity contribution in [1.82, 2.24) is 15.3 Å². The van der Waals surface area contributed by atoms with Gasteiger partial charge in [-0.3, -0.25) is 4.79 Å². The highest BCUT2D eigenvalue weighted by molar-refractivity contribution is 6.01. The van der Waals surface area contributed by atoms with E-state index < -0.39 is 0 Å². The number of nitrogens with two attached hydrogens (primary N) is 1. The van der Waals surface area contributed by atoms with Crippen molar-refractivity contribution in [2.24, 2.45) is 0 Å². The Hall–Kier alpha value is -3.35. The van der Waals surface area contributed by atoms with Gasteiger partial charge in [0.2, 0.25) is 5.89 Å². The average Bonchev–Trinajstić information content (AvgIpc) is 3.07. The van der Waals surface area contributed by atoms with Gasteiger partial charge in [0, 0.05) is 11.6 Å². The number of carbonyl (C=O) groups is 1. The highest BCUT2D eigenvalue weighted by atomic mass is 16.5. The molecule has 1 fully saturated rings. The fraction of sp³-hybridized carbons (Fsp3) is 0.318. The van der Waals surface area contributed by atoms with E-state index in [4.69, 9.17) is 14.9 Å². The van der Waals surface area contributed by atoms with Crippen LogP contribution in [0.3, 0.4) is 0 Å². The van der Waals surface area contributed by atoms with Gasteiger partial charge in [-0.05, 0) is 37.0 Å². The van der Waals surface area contributed by atoms with Gasteiger partial charge >= 0.3 is 0 Å². The van der Waals surface area contributed by atoms with E-state index in [1.807, 2.05) is 32.0 Å². The monoisotopic (exact) mass is 390 g/mol. The number of rotatable bonds is 4. The van der Waals surface area contributed by atoms with Crippen LogP contribution < -0.4 is 15.8 Å². The molecule has 148 valence electrons. The number of carbonyl (C=O) groups excluding carboxylic acids is 1. The number of para-hydroxylation sites is 1. The van der Waals surface area contributed by atoms with Crippen molar-refractivity contribution in [3.63, 3.8) is 0 Å². The van der Waals surface area contributed by atoms with E-state index in [1.54, 1.807) is 6.20 Å². The molecule has 3 aromatic rings. The van der Waals surface area contributed by atoms with Crippen molar-refractivity contribution in [1.29, 1.82) is 0 Å². The molecular formula is C22H22N4O3. The van der Waals surface area contributed by atoms with Crippen molar-refractivity contribution in [2.45, 2.75) is 38.1 Å². The molecule has 2 aromatic heterocycles. The fourth-order valence-corrected chi connectivity index (χ4v) is 4.46. The van der Waals surface area contributed by atoms with Crippen LogP contribution in [-0.2, 0) is 11.8 Å². The van der Waals surface area contributed by atoms with Crippen LogP contribution in [0, 0.1) is 6.92 Å². The molecule has 3 heterocycles. The summed E-state index contributed by atoms with van der Waals surface area (Å²) in [6, 6.07) is 8.05. The molecule has 1 spiro atoms. The second kappa shape index (κ2) is 6.34. The minimum Gasteiger partial charge on any atom is -0.492 e. The van der Waals surface area contributed by atoms with E-state index in [1.165, 1.54) is 11.8 Å². The summed E-state index contributed by atoms with van der Waals surface area (Å²) in [6.45, 7) is 4.51. The fourth-order valence-electron chi connectivity index (χ4n) is 4.46. The molecule has 7 heteroatoms. The van der Waals surface area contributed by atoms with Crippen LogP contribution in [0.25, 0.3) is 11.6 Å². The summed E-state index contributed by atoms with van der Waals surface area (Å²) >= 11 is 0. The third-order valence-electron chi connectivity index (χ3n) is 6.10. The molecule has 1 aromatic carbocycles. The quantitative estimate of drug-likeness (QED) is 0.710. The molecule has 1 saturated carbocycles. The number of nitrogen functional groups attached to an aromatic ring is 1. The Balaban J connectivity index is 1.45. The number of hydrogen-bond acceptors (Lipinski definition) is 6. The van der Waals surface area contributed by atoms with Gasteiger partial charge in [0.25, 0.3) is 5.91 Å². The largest absolute Gasteiger partial charge is 0.492 e. The molecular weight excluding hydrogens is 368 g/mol. The smallest absolute Gasteiger partial charge is 0.255 e. The average molecular weight is 390 g/mol. The van der Waals surface area contributed by atoms with Gasteiger partial charge in [0.1, 0.15) is 30.1 Å². The van der Waals surface area contributed by atoms with E-state index in [2.05, 4.69) is 21.4 Å². The SMILES string of the molecule is CCc1c(C)c(-c2ncco2)nc(N)c1C(=O)NC1CC12COc1ccccc12. The zero-order valence-corrected chi connectivity index (χ0v) is 16.4. The first-order valence-corrected chi connectivity index (χ1v) is 9.77. The van der Waals surface area contributed by atoms with Crippen LogP contribution in [0.15, 0.2) is 41.1 Å². The number of amides is 1. The summed E-state index contributed by atoms with van der Waals surface area (Å²) in [7, 11) is 0. The van der Waals surface area contributed by atoms with Gasteiger partial charge in [0.15, 0.2) is 0 Å². The van der Waals surface area contributed by atoms with Crippen molar-refractivity contribution in [2.75, 3.05) is 12.3 Å². The van der Waals surface area contributed by atoms with Gasteiger partial charge in [-0.2, -0.15) is 0 Å². The number of nitrogens with zero attached hydrogens (tertiary/aromatic N) is 2. The van der Waals surface area contributed by atoms with Crippen molar-refractivity contribution in [3.05, 3.63) is 59.0 Å². The molecule has 2 aliphatic rings. The lowest BCUT2D eigenvalue weighted by atomic mass is 9.96. The lowest BCUT2D eigenvalue weighted by Gasteiger charge is -2.16. The number of fused-ring (bicyclic) bond motifs is 2. The van der Waals surface area contributed by atoms with Crippen molar-refractivity contribution < 1.29 is 13.9 Å². The summed E-state index contributed by atoms with van der Waals surface area (Å²) in [4.78, 5) is 21.8. The molecule has 2 unspecified atom stereocenters. The predicted octanol–water partition coefficient (Wildman–Crippen LogP) is 3.02. The molecule has 1 amide bonds. The van der Waals surface area contributed by atoms with E-state index in [0.29, 0.717) is 30.2 Å². The molecule has 1 aliphatic heterocycles. The van der Waals surface area contributed by atoms with Gasteiger partial charge in [0.05, 0.1) is 17.2 Å². The number of pyridine rings is 1. The zero-order chi connectivity index (χ0) is 20.2. The van der Waals surface area contributed by atoms with Crippen LogP contribution in [0.2, 0.25) is 0 Å². The number of nitrogens with one attached hydrogen (secondary N) is 1. The lowest BCUT2D eigenvalue weighted by Crippen LogP contribution is -2.33. The van der Waals surface area contributed by atoms with E-state index in [9.17, 15) is 4.79 Å². The summed E-state index contributed by atoms with van der Waals surface area (Å²) in [5.74, 6) is 1.30. The minimum atomic E-state index is -0.194. The lowest BCUT2D eigenvalue weighted by molar-refractivity contribution is 0.0946. The Labute approximate surface area is 168 Å². The molecule has 0 bridgehead atoms. The molecule has 1 aliphatic carbocycles. The molecule has 29 heavy (non-hydrogen) atoms. The summed E-state index contributed by atoms with van der Waals surface area (Å²) < 4.78 is 11.2. The molecule has 3 N–H and O–H groups in total. The standard InChI is InChI=1S/C22H22N4O3/c1-3-13-12(2)18(21-24-8-9-28-21)26-19(23)17(13)20(27)25-16-10-22(16)11-29-15-7-5-4-6-14(15)22/h4-9,16H,3,10-11H2,1-2H3,(H2,23,26)(H,25,27). The molecule has 0 saturated heterocycles. The Morgan fingerprint density at radius 2 is 2.21 bits per heavy atom. The number of anilines is 1. The van der Waals surface area contributed by atoms with Crippen LogP contribution in [-0.4, -0.2) is 28.5 Å². The van der Waals surface area contributed by atoms with Crippen molar-refractivity contribution in [3.8, 4) is 17.3 Å². The van der Waals surface area contributed by atoms with Gasteiger partial charge in [-0.1, -0.05) is 25.1 Å². The van der Waals surface area contributed by atoms with Crippen molar-refractivity contribution >= 4 is 11.7 Å². The molecule has 7 nitrogen and oxygen atoms in total. The van der Waals surface area contributed by atoms with Crippen LogP contribution in [0.1, 0.15) is 40.4 Å². The number of ether oxygens (including phenoxy) is 1. The van der Waals surface area contributed by atoms with Crippen LogP contribution in [0.5, 0.6) is 5.75 Å². The number of benzene rings is 1. The van der Waals surface area contributed by atoms with Crippen LogP contribution in [0.4, 0.5) is 5.82 Å². The second-order valence-corrected chi connectivity index (χ2v) is 7.69. The maximum atomic E-state index is 13.2. The van der Waals surface area contributed by atoms with Crippen LogP contribution >= 0.6 is 0 Å². The summed E-state index contributed by atoms with van der Waals surface area (Å²) in [6.07, 6.45) is 4.56. The predicted molar refractivity (Wildman–Crippen MR) is 108 cm³/mol. The minimum absolute atomic E-state index is 0.0227. The Morgan fingerprint density at radius 1 is 1.38 bits per heavy atom. The summed E-state index contributed by atoms with van der Waals surface area (Å²) in [5, 5.41) is 3.16. The summed E-state index contributed by atoms with van der Waals surface area (Å²) in [5.41, 5.74) is 9.99.